The Morgan fingerprint density at radius 2 is 1.60 bits per heavy atom. The van der Waals surface area contributed by atoms with Gasteiger partial charge in [0, 0.05) is 12.1 Å². The normalized spacial score (nSPS) is 34.2. The molecule has 2 rings (SSSR count). The Bertz CT molecular complexity index is 173. The summed E-state index contributed by atoms with van der Waals surface area (Å²) >= 11 is 0. The molecule has 15 heavy (non-hydrogen) atoms. The smallest absolute Gasteiger partial charge is 0.00792 e. The minimum atomic E-state index is 0.475. The largest absolute Gasteiger partial charge is 0.327 e. The molecule has 2 atom stereocenters. The molecule has 0 saturated heterocycles. The summed E-state index contributed by atoms with van der Waals surface area (Å²) in [5.74, 6) is 0.758. The van der Waals surface area contributed by atoms with Crippen molar-refractivity contribution in [2.45, 2.75) is 69.9 Å². The SMILES string of the molecule is NC1CCCC1CNC1CCCCCC1. The fraction of sp³-hybridized carbons (Fsp3) is 1.00. The number of rotatable bonds is 3. The maximum atomic E-state index is 6.09. The second kappa shape index (κ2) is 5.86. The molecule has 0 heterocycles. The quantitative estimate of drug-likeness (QED) is 0.702. The van der Waals surface area contributed by atoms with E-state index in [1.54, 1.807) is 0 Å². The van der Waals surface area contributed by atoms with Crippen molar-refractivity contribution in [1.82, 2.24) is 5.32 Å². The molecule has 0 aromatic heterocycles. The van der Waals surface area contributed by atoms with E-state index in [2.05, 4.69) is 5.32 Å². The van der Waals surface area contributed by atoms with Gasteiger partial charge < -0.3 is 11.1 Å². The van der Waals surface area contributed by atoms with Crippen LogP contribution in [0.25, 0.3) is 0 Å². The van der Waals surface area contributed by atoms with Gasteiger partial charge in [0.25, 0.3) is 0 Å². The van der Waals surface area contributed by atoms with Crippen LogP contribution in [0.4, 0.5) is 0 Å². The summed E-state index contributed by atoms with van der Waals surface area (Å²) in [4.78, 5) is 0. The monoisotopic (exact) mass is 210 g/mol. The Hall–Kier alpha value is -0.0800. The molecule has 2 aliphatic rings. The highest BCUT2D eigenvalue weighted by atomic mass is 14.9. The van der Waals surface area contributed by atoms with E-state index in [-0.39, 0.29) is 0 Å². The molecule has 0 aliphatic heterocycles. The molecule has 2 heteroatoms. The molecular formula is C13H26N2. The van der Waals surface area contributed by atoms with E-state index in [0.717, 1.165) is 12.0 Å². The first kappa shape index (κ1) is 11.4. The number of nitrogens with one attached hydrogen (secondary N) is 1. The van der Waals surface area contributed by atoms with E-state index >= 15 is 0 Å². The Kier molecular flexibility index (Phi) is 4.45. The van der Waals surface area contributed by atoms with Crippen LogP contribution in [0, 0.1) is 5.92 Å². The lowest BCUT2D eigenvalue weighted by atomic mass is 10.0. The highest BCUT2D eigenvalue weighted by Crippen LogP contribution is 2.24. The van der Waals surface area contributed by atoms with Gasteiger partial charge in [-0.2, -0.15) is 0 Å². The van der Waals surface area contributed by atoms with Gasteiger partial charge in [0.1, 0.15) is 0 Å². The zero-order valence-corrected chi connectivity index (χ0v) is 9.88. The molecular weight excluding hydrogens is 184 g/mol. The van der Waals surface area contributed by atoms with Gasteiger partial charge in [0.05, 0.1) is 0 Å². The van der Waals surface area contributed by atoms with E-state index in [9.17, 15) is 0 Å². The molecule has 3 N–H and O–H groups in total. The zero-order valence-electron chi connectivity index (χ0n) is 9.88. The average molecular weight is 210 g/mol. The summed E-state index contributed by atoms with van der Waals surface area (Å²) in [7, 11) is 0. The number of hydrogen-bond donors (Lipinski definition) is 2. The van der Waals surface area contributed by atoms with Crippen molar-refractivity contribution in [2.75, 3.05) is 6.54 Å². The summed E-state index contributed by atoms with van der Waals surface area (Å²) in [5, 5.41) is 3.75. The molecule has 0 spiro atoms. The third-order valence-electron chi connectivity index (χ3n) is 4.24. The van der Waals surface area contributed by atoms with Crippen LogP contribution < -0.4 is 11.1 Å². The molecule has 2 aliphatic carbocycles. The predicted octanol–water partition coefficient (Wildman–Crippen LogP) is 2.43. The van der Waals surface area contributed by atoms with Gasteiger partial charge in [0.15, 0.2) is 0 Å². The minimum absolute atomic E-state index is 0.475. The van der Waals surface area contributed by atoms with E-state index in [1.807, 2.05) is 0 Å². The molecule has 2 fully saturated rings. The molecule has 2 nitrogen and oxygen atoms in total. The van der Waals surface area contributed by atoms with Gasteiger partial charge in [-0.15, -0.1) is 0 Å². The average Bonchev–Trinajstić information content (AvgIpc) is 2.53. The number of nitrogens with two attached hydrogens (primary N) is 1. The first-order valence-corrected chi connectivity index (χ1v) is 6.85. The van der Waals surface area contributed by atoms with Gasteiger partial charge in [-0.05, 0) is 38.1 Å². The highest BCUT2D eigenvalue weighted by molar-refractivity contribution is 4.83. The van der Waals surface area contributed by atoms with Crippen LogP contribution in [0.5, 0.6) is 0 Å². The zero-order chi connectivity index (χ0) is 10.5. The van der Waals surface area contributed by atoms with E-state index < -0.39 is 0 Å². The Morgan fingerprint density at radius 1 is 0.867 bits per heavy atom. The maximum Gasteiger partial charge on any atom is 0.00792 e. The second-order valence-corrected chi connectivity index (χ2v) is 5.45. The fourth-order valence-electron chi connectivity index (χ4n) is 3.12. The van der Waals surface area contributed by atoms with Crippen molar-refractivity contribution in [1.29, 1.82) is 0 Å². The molecule has 0 amide bonds. The highest BCUT2D eigenvalue weighted by Gasteiger charge is 2.24. The van der Waals surface area contributed by atoms with E-state index in [1.165, 1.54) is 64.3 Å². The van der Waals surface area contributed by atoms with Gasteiger partial charge >= 0.3 is 0 Å². The topological polar surface area (TPSA) is 38.0 Å². The summed E-state index contributed by atoms with van der Waals surface area (Å²) < 4.78 is 0. The van der Waals surface area contributed by atoms with E-state index in [0.29, 0.717) is 6.04 Å². The van der Waals surface area contributed by atoms with Crippen LogP contribution in [0.15, 0.2) is 0 Å². The first-order valence-electron chi connectivity index (χ1n) is 6.85. The van der Waals surface area contributed by atoms with Crippen molar-refractivity contribution in [3.05, 3.63) is 0 Å². The molecule has 0 bridgehead atoms. The van der Waals surface area contributed by atoms with Gasteiger partial charge in [0.2, 0.25) is 0 Å². The molecule has 0 radical (unpaired) electrons. The van der Waals surface area contributed by atoms with Crippen molar-refractivity contribution < 1.29 is 0 Å². The lowest BCUT2D eigenvalue weighted by Crippen LogP contribution is -2.38. The second-order valence-electron chi connectivity index (χ2n) is 5.45. The third-order valence-corrected chi connectivity index (χ3v) is 4.24. The Labute approximate surface area is 94.0 Å². The van der Waals surface area contributed by atoms with Crippen LogP contribution in [-0.2, 0) is 0 Å². The van der Waals surface area contributed by atoms with Gasteiger partial charge in [-0.25, -0.2) is 0 Å². The summed E-state index contributed by atoms with van der Waals surface area (Å²) in [5.41, 5.74) is 6.09. The van der Waals surface area contributed by atoms with Crippen LogP contribution in [-0.4, -0.2) is 18.6 Å². The molecule has 0 aromatic rings. The molecule has 2 unspecified atom stereocenters. The fourth-order valence-corrected chi connectivity index (χ4v) is 3.12. The molecule has 88 valence electrons. The Balaban J connectivity index is 1.67. The van der Waals surface area contributed by atoms with Crippen LogP contribution in [0.1, 0.15) is 57.8 Å². The van der Waals surface area contributed by atoms with Crippen LogP contribution in [0.2, 0.25) is 0 Å². The van der Waals surface area contributed by atoms with Crippen molar-refractivity contribution in [3.8, 4) is 0 Å². The van der Waals surface area contributed by atoms with E-state index in [4.69, 9.17) is 5.73 Å². The standard InChI is InChI=1S/C13H26N2/c14-13-9-5-6-11(13)10-15-12-7-3-1-2-4-8-12/h11-13,15H,1-10,14H2. The van der Waals surface area contributed by atoms with Gasteiger partial charge in [-0.3, -0.25) is 0 Å². The predicted molar refractivity (Wildman–Crippen MR) is 64.8 cm³/mol. The van der Waals surface area contributed by atoms with Crippen molar-refractivity contribution in [2.24, 2.45) is 11.7 Å². The summed E-state index contributed by atoms with van der Waals surface area (Å²) in [6, 6.07) is 1.27. The maximum absolute atomic E-state index is 6.09. The summed E-state index contributed by atoms with van der Waals surface area (Å²) in [6.07, 6.45) is 12.5. The van der Waals surface area contributed by atoms with Crippen LogP contribution in [0.3, 0.4) is 0 Å². The lowest BCUT2D eigenvalue weighted by Gasteiger charge is -2.21. The molecule has 2 saturated carbocycles. The van der Waals surface area contributed by atoms with Crippen LogP contribution >= 0.6 is 0 Å². The lowest BCUT2D eigenvalue weighted by molar-refractivity contribution is 0.382. The molecule has 0 aromatic carbocycles. The summed E-state index contributed by atoms with van der Waals surface area (Å²) in [6.45, 7) is 1.17. The first-order chi connectivity index (χ1) is 7.36. The van der Waals surface area contributed by atoms with Crippen molar-refractivity contribution >= 4 is 0 Å². The van der Waals surface area contributed by atoms with Crippen molar-refractivity contribution in [3.63, 3.8) is 0 Å². The van der Waals surface area contributed by atoms with Gasteiger partial charge in [-0.1, -0.05) is 32.1 Å². The third kappa shape index (κ3) is 3.46. The number of hydrogen-bond acceptors (Lipinski definition) is 2. The minimum Gasteiger partial charge on any atom is -0.327 e. The Morgan fingerprint density at radius 3 is 2.20 bits per heavy atom.